The van der Waals surface area contributed by atoms with E-state index in [2.05, 4.69) is 39.4 Å². The molecule has 56 valence electrons. The first-order valence-electron chi connectivity index (χ1n) is 2.43. The molecule has 0 radical (unpaired) electrons. The molecule has 0 atom stereocenters. The van der Waals surface area contributed by atoms with Crippen LogP contribution in [0.2, 0.25) is 0 Å². The minimum absolute atomic E-state index is 0.606. The Balaban J connectivity index is 0. The molecule has 0 aliphatic rings. The van der Waals surface area contributed by atoms with Crippen molar-refractivity contribution >= 4 is 26.7 Å². The van der Waals surface area contributed by atoms with E-state index < -0.39 is 0 Å². The van der Waals surface area contributed by atoms with Crippen LogP contribution in [0.1, 0.15) is 0 Å². The van der Waals surface area contributed by atoms with Crippen LogP contribution in [0, 0.1) is 0 Å². The van der Waals surface area contributed by atoms with E-state index in [1.165, 1.54) is 0 Å². The minimum atomic E-state index is 0.606. The van der Waals surface area contributed by atoms with E-state index in [0.29, 0.717) is 5.55 Å². The molecule has 0 fully saturated rings. The molecular weight excluding hydrogens is 154 g/mol. The third kappa shape index (κ3) is 211. The summed E-state index contributed by atoms with van der Waals surface area (Å²) in [5.74, 6) is 0. The third-order valence-electron chi connectivity index (χ3n) is 0.0393. The van der Waals surface area contributed by atoms with Crippen LogP contribution < -0.4 is 5.11 Å². The summed E-state index contributed by atoms with van der Waals surface area (Å²) in [5, 5.41) is 9.03. The fourth-order valence-corrected chi connectivity index (χ4v) is 0. The summed E-state index contributed by atoms with van der Waals surface area (Å²) in [5.41, 5.74) is 0.606. The zero-order valence-electron chi connectivity index (χ0n) is 6.25. The number of rotatable bonds is 0. The van der Waals surface area contributed by atoms with Crippen LogP contribution in [0.15, 0.2) is 0 Å². The molecule has 2 nitrogen and oxygen atoms in total. The maximum absolute atomic E-state index is 9.03. The van der Waals surface area contributed by atoms with Crippen molar-refractivity contribution in [2.24, 2.45) is 0 Å². The number of quaternary nitrogens is 1. The molecule has 9 heavy (non-hydrogen) atoms. The molecule has 0 aromatic heterocycles. The summed E-state index contributed by atoms with van der Waals surface area (Å²) in [6.07, 6.45) is 0. The van der Waals surface area contributed by atoms with Crippen molar-refractivity contribution in [1.82, 2.24) is 0 Å². The maximum atomic E-state index is 9.03. The Labute approximate surface area is 64.9 Å². The lowest BCUT2D eigenvalue weighted by Gasteiger charge is -2.14. The van der Waals surface area contributed by atoms with Crippen molar-refractivity contribution in [2.75, 3.05) is 28.2 Å². The lowest BCUT2D eigenvalue weighted by atomic mass is 10.8. The summed E-state index contributed by atoms with van der Waals surface area (Å²) in [7, 11) is 9.26. The lowest BCUT2D eigenvalue weighted by molar-refractivity contribution is -0.849. The summed E-state index contributed by atoms with van der Waals surface area (Å²) < 4.78 is 1.00. The van der Waals surface area contributed by atoms with Gasteiger partial charge in [0.1, 0.15) is 0 Å². The van der Waals surface area contributed by atoms with E-state index in [1.54, 1.807) is 0 Å². The molecule has 4 heteroatoms. The zero-order valence-corrected chi connectivity index (χ0v) is 7.88. The molecule has 0 aromatic rings. The largest absolute Gasteiger partial charge is 0.825 e. The number of hydrogen-bond donors (Lipinski definition) is 0. The molecule has 0 aliphatic carbocycles. The Morgan fingerprint density at radius 2 is 1.44 bits per heavy atom. The topological polar surface area (TPSA) is 23.1 Å². The highest BCUT2D eigenvalue weighted by atomic mass is 32.8. The van der Waals surface area contributed by atoms with E-state index in [1.807, 2.05) is 0 Å². The van der Waals surface area contributed by atoms with Gasteiger partial charge in [0.15, 0.2) is 0 Å². The van der Waals surface area contributed by atoms with Gasteiger partial charge in [-0.15, -0.1) is 5.55 Å². The van der Waals surface area contributed by atoms with Crippen molar-refractivity contribution < 1.29 is 9.59 Å². The van der Waals surface area contributed by atoms with E-state index in [0.717, 1.165) is 14.4 Å². The molecule has 0 spiro atoms. The summed E-state index contributed by atoms with van der Waals surface area (Å²) in [6.45, 7) is 0. The predicted molar refractivity (Wildman–Crippen MR) is 44.8 cm³/mol. The second-order valence-electron chi connectivity index (χ2n) is 2.88. The van der Waals surface area contributed by atoms with Gasteiger partial charge in [0.25, 0.3) is 0 Å². The summed E-state index contributed by atoms with van der Waals surface area (Å²) in [6, 6.07) is 0. The SMILES string of the molecule is C[N+](C)(C)C.[O-]C=S=S. The van der Waals surface area contributed by atoms with E-state index in [9.17, 15) is 0 Å². The maximum Gasteiger partial charge on any atom is 0.0675 e. The van der Waals surface area contributed by atoms with E-state index in [4.69, 9.17) is 5.11 Å². The van der Waals surface area contributed by atoms with Gasteiger partial charge >= 0.3 is 0 Å². The fourth-order valence-electron chi connectivity index (χ4n) is 0. The molecule has 0 unspecified atom stereocenters. The van der Waals surface area contributed by atoms with Crippen LogP contribution in [-0.2, 0) is 21.1 Å². The quantitative estimate of drug-likeness (QED) is 0.340. The van der Waals surface area contributed by atoms with Crippen molar-refractivity contribution in [2.45, 2.75) is 0 Å². The molecule has 0 N–H and O–H groups in total. The normalized spacial score (nSPS) is 9.00. The smallest absolute Gasteiger partial charge is 0.0675 e. The van der Waals surface area contributed by atoms with Crippen molar-refractivity contribution in [3.63, 3.8) is 0 Å². The van der Waals surface area contributed by atoms with Gasteiger partial charge in [-0.25, -0.2) is 0 Å². The monoisotopic (exact) mass is 167 g/mol. The Hall–Kier alpha value is 0.230. The molecule has 0 saturated carbocycles. The van der Waals surface area contributed by atoms with Crippen LogP contribution in [0.5, 0.6) is 0 Å². The van der Waals surface area contributed by atoms with Crippen LogP contribution in [0.25, 0.3) is 0 Å². The average molecular weight is 167 g/mol. The molecule has 0 aliphatic heterocycles. The second-order valence-corrected chi connectivity index (χ2v) is 3.84. The molecule has 0 aromatic carbocycles. The van der Waals surface area contributed by atoms with Crippen LogP contribution in [-0.4, -0.2) is 38.2 Å². The Morgan fingerprint density at radius 1 is 1.33 bits per heavy atom. The Kier molecular flexibility index (Phi) is 8.44. The average Bonchev–Trinajstić information content (AvgIpc) is 1.61. The number of nitrogens with zero attached hydrogens (tertiary/aromatic N) is 1. The molecule has 0 heterocycles. The van der Waals surface area contributed by atoms with Gasteiger partial charge in [-0.05, 0) is 11.2 Å². The van der Waals surface area contributed by atoms with Gasteiger partial charge in [-0.3, -0.25) is 0 Å². The molecule has 0 saturated heterocycles. The predicted octanol–water partition coefficient (Wildman–Crippen LogP) is -1.03. The summed E-state index contributed by atoms with van der Waals surface area (Å²) in [4.78, 5) is 0. The van der Waals surface area contributed by atoms with Gasteiger partial charge in [-0.2, -0.15) is 0 Å². The highest BCUT2D eigenvalue weighted by Gasteiger charge is 1.88. The Morgan fingerprint density at radius 3 is 1.44 bits per heavy atom. The minimum Gasteiger partial charge on any atom is -0.825 e. The van der Waals surface area contributed by atoms with Gasteiger partial charge in [-0.1, -0.05) is 9.91 Å². The lowest BCUT2D eigenvalue weighted by Crippen LogP contribution is -2.27. The highest BCUT2D eigenvalue weighted by Crippen LogP contribution is 1.73. The second kappa shape index (κ2) is 6.35. The van der Waals surface area contributed by atoms with Gasteiger partial charge < -0.3 is 9.59 Å². The fraction of sp³-hybridized carbons (Fsp3) is 0.800. The summed E-state index contributed by atoms with van der Waals surface area (Å²) >= 11 is 4.10. The van der Waals surface area contributed by atoms with Crippen LogP contribution >= 0.6 is 0 Å². The Bertz CT molecular complexity index is 96.0. The van der Waals surface area contributed by atoms with Crippen molar-refractivity contribution in [3.8, 4) is 0 Å². The zero-order chi connectivity index (χ0) is 7.91. The van der Waals surface area contributed by atoms with Crippen LogP contribution in [0.3, 0.4) is 0 Å². The number of hydrogen-bond acceptors (Lipinski definition) is 2. The molecule has 0 rings (SSSR count). The van der Waals surface area contributed by atoms with E-state index in [-0.39, 0.29) is 0 Å². The molecule has 0 amide bonds. The third-order valence-corrected chi connectivity index (χ3v) is 0.354. The van der Waals surface area contributed by atoms with Gasteiger partial charge in [0.2, 0.25) is 0 Å². The highest BCUT2D eigenvalue weighted by molar-refractivity contribution is 8.16. The van der Waals surface area contributed by atoms with Gasteiger partial charge in [0.05, 0.1) is 28.2 Å². The van der Waals surface area contributed by atoms with E-state index >= 15 is 0 Å². The van der Waals surface area contributed by atoms with Crippen molar-refractivity contribution in [3.05, 3.63) is 0 Å². The standard InChI is InChI=1S/C4H12N.CH2OS2/c1-5(2,3)4;2-1-4-3/h1-4H3;1-2H/q+1;/p-1. The molecular formula is C5H13NOS2. The van der Waals surface area contributed by atoms with Gasteiger partial charge in [0, 0.05) is 0 Å². The van der Waals surface area contributed by atoms with Crippen molar-refractivity contribution in [1.29, 1.82) is 0 Å². The first kappa shape index (κ1) is 12.0. The van der Waals surface area contributed by atoms with Crippen LogP contribution in [0.4, 0.5) is 0 Å². The molecule has 0 bridgehead atoms. The first-order valence-corrected chi connectivity index (χ1v) is 4.23. The first-order chi connectivity index (χ1) is 3.91.